The maximum absolute atomic E-state index is 12.6. The molecule has 0 spiro atoms. The van der Waals surface area contributed by atoms with Gasteiger partial charge in [-0.25, -0.2) is 0 Å². The van der Waals surface area contributed by atoms with E-state index in [1.165, 1.54) is 0 Å². The lowest BCUT2D eigenvalue weighted by Crippen LogP contribution is -1.98. The highest BCUT2D eigenvalue weighted by Gasteiger charge is 2.27. The van der Waals surface area contributed by atoms with E-state index in [1.807, 2.05) is 37.3 Å². The molecule has 0 saturated carbocycles. The van der Waals surface area contributed by atoms with E-state index in [9.17, 15) is 4.79 Å². The van der Waals surface area contributed by atoms with Gasteiger partial charge in [0.25, 0.3) is 0 Å². The van der Waals surface area contributed by atoms with Crippen molar-refractivity contribution >= 4 is 35.1 Å². The number of benzene rings is 3. The number of hydrogen-bond acceptors (Lipinski definition) is 4. The first-order valence-electron chi connectivity index (χ1n) is 9.41. The first-order valence-corrected chi connectivity index (χ1v) is 10.2. The number of fused-ring (bicyclic) bond motifs is 1. The Hall–Kier alpha value is -2.95. The van der Waals surface area contributed by atoms with Gasteiger partial charge in [0.15, 0.2) is 5.76 Å². The van der Waals surface area contributed by atoms with Gasteiger partial charge in [0.1, 0.15) is 23.9 Å². The van der Waals surface area contributed by atoms with E-state index in [0.717, 1.165) is 16.9 Å². The van der Waals surface area contributed by atoms with Crippen molar-refractivity contribution in [1.29, 1.82) is 0 Å². The molecule has 152 valence electrons. The van der Waals surface area contributed by atoms with Crippen molar-refractivity contribution in [2.75, 3.05) is 6.61 Å². The number of carbonyl (C=O) groups excluding carboxylic acids is 1. The van der Waals surface area contributed by atoms with Crippen LogP contribution in [-0.2, 0) is 6.61 Å². The molecule has 0 unspecified atom stereocenters. The number of rotatable bonds is 6. The molecule has 30 heavy (non-hydrogen) atoms. The normalized spacial score (nSPS) is 13.8. The average Bonchev–Trinajstić information content (AvgIpc) is 3.05. The summed E-state index contributed by atoms with van der Waals surface area (Å²) < 4.78 is 17.0. The molecule has 0 radical (unpaired) electrons. The van der Waals surface area contributed by atoms with Crippen LogP contribution in [-0.4, -0.2) is 12.4 Å². The lowest BCUT2D eigenvalue weighted by atomic mass is 10.1. The standard InChI is InChI=1S/C24H18Cl2O4/c1-2-28-17-6-3-15(4-7-17)12-23-24(27)19-9-8-18(13-22(19)30-23)29-14-16-5-10-20(25)21(26)11-16/h3-13H,2,14H2,1H3. The summed E-state index contributed by atoms with van der Waals surface area (Å²) in [4.78, 5) is 12.6. The molecule has 0 bridgehead atoms. The maximum Gasteiger partial charge on any atom is 0.231 e. The summed E-state index contributed by atoms with van der Waals surface area (Å²) in [7, 11) is 0. The summed E-state index contributed by atoms with van der Waals surface area (Å²) in [5.74, 6) is 1.97. The summed E-state index contributed by atoms with van der Waals surface area (Å²) in [6.07, 6.45) is 1.72. The van der Waals surface area contributed by atoms with E-state index in [2.05, 4.69) is 0 Å². The van der Waals surface area contributed by atoms with E-state index >= 15 is 0 Å². The van der Waals surface area contributed by atoms with Gasteiger partial charge in [0.2, 0.25) is 5.78 Å². The molecule has 1 aliphatic heterocycles. The summed E-state index contributed by atoms with van der Waals surface area (Å²) in [5.41, 5.74) is 2.25. The monoisotopic (exact) mass is 440 g/mol. The van der Waals surface area contributed by atoms with Crippen LogP contribution in [0.25, 0.3) is 6.08 Å². The quantitative estimate of drug-likeness (QED) is 0.405. The molecular weight excluding hydrogens is 423 g/mol. The molecule has 0 saturated heterocycles. The fourth-order valence-electron chi connectivity index (χ4n) is 3.03. The molecule has 0 aliphatic carbocycles. The van der Waals surface area contributed by atoms with E-state index in [4.69, 9.17) is 37.4 Å². The van der Waals surface area contributed by atoms with E-state index in [-0.39, 0.29) is 11.5 Å². The van der Waals surface area contributed by atoms with Crippen LogP contribution in [0.15, 0.2) is 66.4 Å². The van der Waals surface area contributed by atoms with Gasteiger partial charge in [-0.2, -0.15) is 0 Å². The van der Waals surface area contributed by atoms with Crippen molar-refractivity contribution in [3.8, 4) is 17.2 Å². The molecule has 4 nitrogen and oxygen atoms in total. The van der Waals surface area contributed by atoms with Crippen molar-refractivity contribution in [2.45, 2.75) is 13.5 Å². The molecule has 1 aliphatic rings. The van der Waals surface area contributed by atoms with E-state index < -0.39 is 0 Å². The van der Waals surface area contributed by atoms with Crippen LogP contribution in [0.3, 0.4) is 0 Å². The van der Waals surface area contributed by atoms with Crippen molar-refractivity contribution in [3.63, 3.8) is 0 Å². The summed E-state index contributed by atoms with van der Waals surface area (Å²) >= 11 is 12.0. The van der Waals surface area contributed by atoms with Crippen LogP contribution in [0.1, 0.15) is 28.4 Å². The van der Waals surface area contributed by atoms with Gasteiger partial charge in [0.05, 0.1) is 22.2 Å². The van der Waals surface area contributed by atoms with Crippen LogP contribution >= 0.6 is 23.2 Å². The number of Topliss-reactive ketones (excluding diaryl/α,β-unsaturated/α-hetero) is 1. The number of halogens is 2. The molecule has 1 heterocycles. The third kappa shape index (κ3) is 4.45. The van der Waals surface area contributed by atoms with Crippen LogP contribution in [0.2, 0.25) is 10.0 Å². The van der Waals surface area contributed by atoms with Crippen LogP contribution in [0, 0.1) is 0 Å². The van der Waals surface area contributed by atoms with Gasteiger partial charge >= 0.3 is 0 Å². The smallest absolute Gasteiger partial charge is 0.231 e. The topological polar surface area (TPSA) is 44.8 Å². The maximum atomic E-state index is 12.6. The molecule has 0 fully saturated rings. The van der Waals surface area contributed by atoms with Crippen molar-refractivity contribution in [3.05, 3.63) is 93.2 Å². The Kier molecular flexibility index (Phi) is 5.98. The van der Waals surface area contributed by atoms with Crippen LogP contribution in [0.5, 0.6) is 17.2 Å². The predicted octanol–water partition coefficient (Wildman–Crippen LogP) is 6.59. The Morgan fingerprint density at radius 1 is 0.900 bits per heavy atom. The van der Waals surface area contributed by atoms with Gasteiger partial charge in [-0.15, -0.1) is 0 Å². The van der Waals surface area contributed by atoms with Gasteiger partial charge in [0, 0.05) is 6.07 Å². The Labute approximate surface area is 184 Å². The third-order valence-electron chi connectivity index (χ3n) is 4.52. The zero-order valence-electron chi connectivity index (χ0n) is 16.2. The highest BCUT2D eigenvalue weighted by molar-refractivity contribution is 6.42. The van der Waals surface area contributed by atoms with Crippen LogP contribution in [0.4, 0.5) is 0 Å². The van der Waals surface area contributed by atoms with Gasteiger partial charge in [-0.05, 0) is 60.5 Å². The molecule has 3 aromatic carbocycles. The molecule has 0 atom stereocenters. The summed E-state index contributed by atoms with van der Waals surface area (Å²) in [5, 5.41) is 0.974. The highest BCUT2D eigenvalue weighted by atomic mass is 35.5. The second-order valence-electron chi connectivity index (χ2n) is 6.64. The molecule has 6 heteroatoms. The molecule has 0 N–H and O–H groups in total. The second-order valence-corrected chi connectivity index (χ2v) is 7.45. The Morgan fingerprint density at radius 2 is 1.67 bits per heavy atom. The first-order chi connectivity index (χ1) is 14.5. The molecular formula is C24H18Cl2O4. The number of carbonyl (C=O) groups is 1. The summed E-state index contributed by atoms with van der Waals surface area (Å²) in [6, 6.07) is 18.0. The minimum Gasteiger partial charge on any atom is -0.494 e. The van der Waals surface area contributed by atoms with Crippen molar-refractivity contribution < 1.29 is 19.0 Å². The van der Waals surface area contributed by atoms with Gasteiger partial charge in [-0.3, -0.25) is 4.79 Å². The zero-order chi connectivity index (χ0) is 21.1. The molecule has 4 rings (SSSR count). The molecule has 3 aromatic rings. The number of ketones is 1. The lowest BCUT2D eigenvalue weighted by Gasteiger charge is -2.08. The van der Waals surface area contributed by atoms with E-state index in [1.54, 1.807) is 36.4 Å². The second kappa shape index (κ2) is 8.82. The predicted molar refractivity (Wildman–Crippen MR) is 118 cm³/mol. The van der Waals surface area contributed by atoms with Crippen LogP contribution < -0.4 is 14.2 Å². The number of allylic oxidation sites excluding steroid dienone is 1. The van der Waals surface area contributed by atoms with Gasteiger partial charge < -0.3 is 14.2 Å². The van der Waals surface area contributed by atoms with Crippen molar-refractivity contribution in [2.24, 2.45) is 0 Å². The van der Waals surface area contributed by atoms with Gasteiger partial charge in [-0.1, -0.05) is 41.4 Å². The largest absolute Gasteiger partial charge is 0.494 e. The molecule has 0 amide bonds. The van der Waals surface area contributed by atoms with Crippen molar-refractivity contribution in [1.82, 2.24) is 0 Å². The first kappa shape index (κ1) is 20.3. The zero-order valence-corrected chi connectivity index (χ0v) is 17.7. The lowest BCUT2D eigenvalue weighted by molar-refractivity contribution is 0.101. The summed E-state index contributed by atoms with van der Waals surface area (Å²) in [6.45, 7) is 2.85. The average molecular weight is 441 g/mol. The Morgan fingerprint density at radius 3 is 2.40 bits per heavy atom. The minimum absolute atomic E-state index is 0.157. The third-order valence-corrected chi connectivity index (χ3v) is 5.26. The number of ether oxygens (including phenoxy) is 3. The molecule has 0 aromatic heterocycles. The highest BCUT2D eigenvalue weighted by Crippen LogP contribution is 2.35. The Bertz CT molecular complexity index is 1120. The van der Waals surface area contributed by atoms with E-state index in [0.29, 0.717) is 40.3 Å². The number of hydrogen-bond donors (Lipinski definition) is 0. The fraction of sp³-hybridized carbons (Fsp3) is 0.125. The minimum atomic E-state index is -0.157. The fourth-order valence-corrected chi connectivity index (χ4v) is 3.35. The Balaban J connectivity index is 1.47. The SMILES string of the molecule is CCOc1ccc(C=C2Oc3cc(OCc4ccc(Cl)c(Cl)c4)ccc3C2=O)cc1.